The van der Waals surface area contributed by atoms with Crippen LogP contribution < -0.4 is 0 Å². The molecular formula is C16H23NOS. The summed E-state index contributed by atoms with van der Waals surface area (Å²) in [5, 5.41) is 0. The van der Waals surface area contributed by atoms with Crippen molar-refractivity contribution in [1.29, 1.82) is 0 Å². The van der Waals surface area contributed by atoms with E-state index in [9.17, 15) is 4.79 Å². The van der Waals surface area contributed by atoms with Gasteiger partial charge >= 0.3 is 0 Å². The normalized spacial score (nSPS) is 14.6. The SMILES string of the molecule is CC(C)CCSCC(=O)N1CCc2ccccc2C1. The maximum Gasteiger partial charge on any atom is 0.232 e. The van der Waals surface area contributed by atoms with Crippen LogP contribution in [0.4, 0.5) is 0 Å². The topological polar surface area (TPSA) is 20.3 Å². The molecule has 3 heteroatoms. The Morgan fingerprint density at radius 3 is 2.79 bits per heavy atom. The van der Waals surface area contributed by atoms with Crippen LogP contribution in [0, 0.1) is 5.92 Å². The molecule has 104 valence electrons. The Morgan fingerprint density at radius 1 is 1.32 bits per heavy atom. The van der Waals surface area contributed by atoms with Crippen LogP contribution in [0.3, 0.4) is 0 Å². The lowest BCUT2D eigenvalue weighted by molar-refractivity contribution is -0.129. The molecule has 1 amide bonds. The Labute approximate surface area is 120 Å². The number of thioether (sulfide) groups is 1. The smallest absolute Gasteiger partial charge is 0.232 e. The summed E-state index contributed by atoms with van der Waals surface area (Å²) in [5.74, 6) is 2.75. The van der Waals surface area contributed by atoms with Crippen molar-refractivity contribution in [2.45, 2.75) is 33.2 Å². The van der Waals surface area contributed by atoms with Gasteiger partial charge in [0.25, 0.3) is 0 Å². The third kappa shape index (κ3) is 4.27. The van der Waals surface area contributed by atoms with E-state index in [1.807, 2.05) is 4.90 Å². The molecule has 1 aliphatic heterocycles. The van der Waals surface area contributed by atoms with Crippen molar-refractivity contribution in [2.75, 3.05) is 18.1 Å². The molecule has 0 saturated carbocycles. The minimum atomic E-state index is 0.295. The van der Waals surface area contributed by atoms with Crippen LogP contribution in [0.1, 0.15) is 31.4 Å². The van der Waals surface area contributed by atoms with Gasteiger partial charge in [-0.25, -0.2) is 0 Å². The van der Waals surface area contributed by atoms with Crippen molar-refractivity contribution in [3.8, 4) is 0 Å². The van der Waals surface area contributed by atoms with E-state index in [0.29, 0.717) is 11.7 Å². The van der Waals surface area contributed by atoms with E-state index in [0.717, 1.165) is 31.2 Å². The lowest BCUT2D eigenvalue weighted by atomic mass is 10.00. The van der Waals surface area contributed by atoms with Crippen molar-refractivity contribution >= 4 is 17.7 Å². The summed E-state index contributed by atoms with van der Waals surface area (Å²) in [6, 6.07) is 8.46. The lowest BCUT2D eigenvalue weighted by Crippen LogP contribution is -2.37. The molecule has 0 bridgehead atoms. The predicted octanol–water partition coefficient (Wildman–Crippen LogP) is 3.35. The van der Waals surface area contributed by atoms with Crippen molar-refractivity contribution in [3.63, 3.8) is 0 Å². The van der Waals surface area contributed by atoms with E-state index in [4.69, 9.17) is 0 Å². The first-order valence-electron chi connectivity index (χ1n) is 7.09. The zero-order valence-electron chi connectivity index (χ0n) is 11.9. The minimum Gasteiger partial charge on any atom is -0.337 e. The molecule has 0 N–H and O–H groups in total. The molecule has 0 spiro atoms. The van der Waals surface area contributed by atoms with Crippen molar-refractivity contribution in [1.82, 2.24) is 4.90 Å². The molecule has 1 heterocycles. The van der Waals surface area contributed by atoms with Crippen LogP contribution in [0.25, 0.3) is 0 Å². The standard InChI is InChI=1S/C16H23NOS/c1-13(2)8-10-19-12-16(18)17-9-7-14-5-3-4-6-15(14)11-17/h3-6,13H,7-12H2,1-2H3. The third-order valence-electron chi connectivity index (χ3n) is 3.55. The fourth-order valence-corrected chi connectivity index (χ4v) is 3.42. The van der Waals surface area contributed by atoms with Gasteiger partial charge in [0.05, 0.1) is 5.75 Å². The van der Waals surface area contributed by atoms with Crippen LogP contribution in [0.2, 0.25) is 0 Å². The summed E-state index contributed by atoms with van der Waals surface area (Å²) in [5.41, 5.74) is 2.72. The Kier molecular flexibility index (Phi) is 5.32. The van der Waals surface area contributed by atoms with E-state index in [1.165, 1.54) is 17.5 Å². The summed E-state index contributed by atoms with van der Waals surface area (Å²) in [6.07, 6.45) is 2.19. The number of hydrogen-bond acceptors (Lipinski definition) is 2. The Morgan fingerprint density at radius 2 is 2.05 bits per heavy atom. The summed E-state index contributed by atoms with van der Waals surface area (Å²) in [6.45, 7) is 6.12. The van der Waals surface area contributed by atoms with Gasteiger partial charge in [0.1, 0.15) is 0 Å². The summed E-state index contributed by atoms with van der Waals surface area (Å²) in [4.78, 5) is 14.2. The van der Waals surface area contributed by atoms with Crippen LogP contribution in [0.5, 0.6) is 0 Å². The number of rotatable bonds is 5. The molecule has 0 unspecified atom stereocenters. The molecule has 2 rings (SSSR count). The number of nitrogens with zero attached hydrogens (tertiary/aromatic N) is 1. The first kappa shape index (κ1) is 14.4. The zero-order chi connectivity index (χ0) is 13.7. The van der Waals surface area contributed by atoms with E-state index in [1.54, 1.807) is 11.8 Å². The second-order valence-electron chi connectivity index (χ2n) is 5.57. The van der Waals surface area contributed by atoms with Crippen LogP contribution in [0.15, 0.2) is 24.3 Å². The fourth-order valence-electron chi connectivity index (χ4n) is 2.28. The van der Waals surface area contributed by atoms with Gasteiger partial charge in [0, 0.05) is 13.1 Å². The highest BCUT2D eigenvalue weighted by Gasteiger charge is 2.19. The maximum atomic E-state index is 12.2. The third-order valence-corrected chi connectivity index (χ3v) is 4.52. The molecule has 1 aromatic carbocycles. The highest BCUT2D eigenvalue weighted by molar-refractivity contribution is 7.99. The van der Waals surface area contributed by atoms with Gasteiger partial charge < -0.3 is 4.90 Å². The number of carbonyl (C=O) groups is 1. The van der Waals surface area contributed by atoms with E-state index in [2.05, 4.69) is 38.1 Å². The quantitative estimate of drug-likeness (QED) is 0.769. The van der Waals surface area contributed by atoms with E-state index in [-0.39, 0.29) is 0 Å². The van der Waals surface area contributed by atoms with Gasteiger partial charge in [-0.05, 0) is 35.6 Å². The Bertz CT molecular complexity index is 431. The van der Waals surface area contributed by atoms with Gasteiger partial charge in [0.2, 0.25) is 5.91 Å². The molecular weight excluding hydrogens is 254 g/mol. The molecule has 0 aromatic heterocycles. The highest BCUT2D eigenvalue weighted by Crippen LogP contribution is 2.19. The van der Waals surface area contributed by atoms with Crippen LogP contribution in [-0.4, -0.2) is 28.9 Å². The average molecular weight is 277 g/mol. The van der Waals surface area contributed by atoms with Gasteiger partial charge in [-0.2, -0.15) is 11.8 Å². The van der Waals surface area contributed by atoms with E-state index < -0.39 is 0 Å². The first-order valence-corrected chi connectivity index (χ1v) is 8.24. The van der Waals surface area contributed by atoms with Gasteiger partial charge in [-0.1, -0.05) is 38.1 Å². The Hall–Kier alpha value is -0.960. The molecule has 0 atom stereocenters. The highest BCUT2D eigenvalue weighted by atomic mass is 32.2. The lowest BCUT2D eigenvalue weighted by Gasteiger charge is -2.28. The van der Waals surface area contributed by atoms with Crippen molar-refractivity contribution in [3.05, 3.63) is 35.4 Å². The summed E-state index contributed by atoms with van der Waals surface area (Å²) < 4.78 is 0. The average Bonchev–Trinajstić information content (AvgIpc) is 2.42. The summed E-state index contributed by atoms with van der Waals surface area (Å²) >= 11 is 1.77. The number of fused-ring (bicyclic) bond motifs is 1. The molecule has 0 fully saturated rings. The first-order chi connectivity index (χ1) is 9.16. The van der Waals surface area contributed by atoms with Gasteiger partial charge in [-0.15, -0.1) is 0 Å². The van der Waals surface area contributed by atoms with Crippen molar-refractivity contribution in [2.24, 2.45) is 5.92 Å². The number of benzene rings is 1. The zero-order valence-corrected chi connectivity index (χ0v) is 12.7. The monoisotopic (exact) mass is 277 g/mol. The van der Waals surface area contributed by atoms with Crippen LogP contribution >= 0.6 is 11.8 Å². The number of amides is 1. The second kappa shape index (κ2) is 6.99. The Balaban J connectivity index is 1.79. The molecule has 2 nitrogen and oxygen atoms in total. The molecule has 19 heavy (non-hydrogen) atoms. The predicted molar refractivity (Wildman–Crippen MR) is 82.3 cm³/mol. The molecule has 0 aliphatic carbocycles. The second-order valence-corrected chi connectivity index (χ2v) is 6.67. The summed E-state index contributed by atoms with van der Waals surface area (Å²) in [7, 11) is 0. The van der Waals surface area contributed by atoms with Gasteiger partial charge in [-0.3, -0.25) is 4.79 Å². The molecule has 1 aromatic rings. The number of carbonyl (C=O) groups excluding carboxylic acids is 1. The minimum absolute atomic E-state index is 0.295. The van der Waals surface area contributed by atoms with Gasteiger partial charge in [0.15, 0.2) is 0 Å². The molecule has 0 radical (unpaired) electrons. The largest absolute Gasteiger partial charge is 0.337 e. The molecule has 0 saturated heterocycles. The number of hydrogen-bond donors (Lipinski definition) is 0. The van der Waals surface area contributed by atoms with Crippen LogP contribution in [-0.2, 0) is 17.8 Å². The maximum absolute atomic E-state index is 12.2. The molecule has 1 aliphatic rings. The van der Waals surface area contributed by atoms with E-state index >= 15 is 0 Å². The van der Waals surface area contributed by atoms with Crippen molar-refractivity contribution < 1.29 is 4.79 Å². The fraction of sp³-hybridized carbons (Fsp3) is 0.562.